The van der Waals surface area contributed by atoms with Gasteiger partial charge in [-0.05, 0) is 177 Å². The molecular formula is C79H66. The van der Waals surface area contributed by atoms with Gasteiger partial charge in [-0.25, -0.2) is 0 Å². The highest BCUT2D eigenvalue weighted by Gasteiger charge is 2.37. The molecule has 0 heterocycles. The summed E-state index contributed by atoms with van der Waals surface area (Å²) in [6.07, 6.45) is 2.18. The SMILES string of the molecule is CC(CCc1ccc(-c2ccc(-c3ccccc3)cc2)cc1)c1ccc2c(c1)C(C)(C)c1cc(-c3ccc(-c4cc5ccccc5c5ccccc45)cc3)ccc1-2.Cc1ccc2c(c1)C(C)(C)c1cc(-c3ccccc3)ccc1-2. The Labute approximate surface area is 467 Å². The van der Waals surface area contributed by atoms with Crippen LogP contribution in [0, 0.1) is 6.92 Å². The average molecular weight is 1020 g/mol. The van der Waals surface area contributed by atoms with Gasteiger partial charge in [0.2, 0.25) is 0 Å². The molecule has 12 aromatic rings. The molecule has 0 radical (unpaired) electrons. The van der Waals surface area contributed by atoms with Gasteiger partial charge in [-0.3, -0.25) is 0 Å². The van der Waals surface area contributed by atoms with Gasteiger partial charge in [-0.1, -0.05) is 283 Å². The number of aryl methyl sites for hydroxylation is 2. The van der Waals surface area contributed by atoms with E-state index in [1.807, 2.05) is 0 Å². The van der Waals surface area contributed by atoms with Crippen molar-refractivity contribution >= 4 is 21.5 Å². The minimum Gasteiger partial charge on any atom is -0.0622 e. The van der Waals surface area contributed by atoms with Crippen molar-refractivity contribution in [3.63, 3.8) is 0 Å². The van der Waals surface area contributed by atoms with Crippen molar-refractivity contribution in [2.24, 2.45) is 0 Å². The van der Waals surface area contributed by atoms with Gasteiger partial charge in [0.15, 0.2) is 0 Å². The third-order valence-electron chi connectivity index (χ3n) is 17.7. The standard InChI is InChI=1S/C57H46.C22H20/c1-38(17-18-39-19-21-41(22-20-39)43-25-23-42(24-26-43)40-11-5-4-6-12-40)46-31-33-52-53-34-32-47(37-56(53)57(2,3)55(52)36-46)44-27-29-45(30-28-44)54-35-48-13-7-8-14-49(48)50-15-9-10-16-51(50)54;1-15-9-11-18-19-12-10-17(16-7-5-4-6-8-16)14-21(19)22(2,3)20(18)13-15/h4-16,19-38H,17-18H2,1-3H3;4-14H,1-3H3. The molecule has 2 aliphatic rings. The number of hydrogen-bond acceptors (Lipinski definition) is 0. The van der Waals surface area contributed by atoms with E-state index >= 15 is 0 Å². The Morgan fingerprint density at radius 2 is 0.696 bits per heavy atom. The fraction of sp³-hybridized carbons (Fsp3) is 0.139. The molecule has 0 amide bonds. The van der Waals surface area contributed by atoms with Crippen molar-refractivity contribution in [3.8, 4) is 77.9 Å². The van der Waals surface area contributed by atoms with E-state index in [1.165, 1.54) is 138 Å². The minimum absolute atomic E-state index is 0.0709. The second kappa shape index (κ2) is 20.2. The molecule has 2 aliphatic carbocycles. The van der Waals surface area contributed by atoms with Crippen LogP contribution in [0.4, 0.5) is 0 Å². The van der Waals surface area contributed by atoms with Crippen molar-refractivity contribution in [3.05, 3.63) is 300 Å². The van der Waals surface area contributed by atoms with Crippen LogP contribution in [0.1, 0.15) is 85.9 Å². The van der Waals surface area contributed by atoms with Crippen molar-refractivity contribution in [1.82, 2.24) is 0 Å². The number of benzene rings is 12. The smallest absolute Gasteiger partial charge is 0.0159 e. The van der Waals surface area contributed by atoms with Crippen LogP contribution in [0.3, 0.4) is 0 Å². The predicted molar refractivity (Wildman–Crippen MR) is 338 cm³/mol. The van der Waals surface area contributed by atoms with Crippen LogP contribution in [0.25, 0.3) is 99.4 Å². The lowest BCUT2D eigenvalue weighted by atomic mass is 9.80. The fourth-order valence-corrected chi connectivity index (χ4v) is 12.9. The predicted octanol–water partition coefficient (Wildman–Crippen LogP) is 21.7. The Kier molecular flexibility index (Phi) is 12.7. The molecule has 0 bridgehead atoms. The lowest BCUT2D eigenvalue weighted by Gasteiger charge is -2.23. The molecule has 0 spiro atoms. The van der Waals surface area contributed by atoms with Gasteiger partial charge in [-0.15, -0.1) is 0 Å². The van der Waals surface area contributed by atoms with Crippen molar-refractivity contribution in [2.45, 2.75) is 71.1 Å². The van der Waals surface area contributed by atoms with Crippen LogP contribution < -0.4 is 0 Å². The third kappa shape index (κ3) is 9.20. The molecule has 1 unspecified atom stereocenters. The van der Waals surface area contributed by atoms with Crippen LogP contribution in [0.5, 0.6) is 0 Å². The highest BCUT2D eigenvalue weighted by atomic mass is 14.4. The molecule has 382 valence electrons. The lowest BCUT2D eigenvalue weighted by molar-refractivity contribution is 0.648. The lowest BCUT2D eigenvalue weighted by Crippen LogP contribution is -2.15. The summed E-state index contributed by atoms with van der Waals surface area (Å²) in [6.45, 7) is 14.1. The van der Waals surface area contributed by atoms with Gasteiger partial charge in [-0.2, -0.15) is 0 Å². The highest BCUT2D eigenvalue weighted by molar-refractivity contribution is 6.13. The summed E-state index contributed by atoms with van der Waals surface area (Å²) >= 11 is 0. The molecule has 0 heteroatoms. The van der Waals surface area contributed by atoms with Gasteiger partial charge in [0.05, 0.1) is 0 Å². The Hall–Kier alpha value is -8.84. The van der Waals surface area contributed by atoms with Gasteiger partial charge < -0.3 is 0 Å². The fourth-order valence-electron chi connectivity index (χ4n) is 12.9. The maximum absolute atomic E-state index is 2.50. The van der Waals surface area contributed by atoms with Gasteiger partial charge in [0, 0.05) is 10.8 Å². The Bertz CT molecular complexity index is 4210. The maximum Gasteiger partial charge on any atom is 0.0159 e. The highest BCUT2D eigenvalue weighted by Crippen LogP contribution is 2.52. The second-order valence-corrected chi connectivity index (χ2v) is 23.3. The molecule has 0 N–H and O–H groups in total. The van der Waals surface area contributed by atoms with E-state index in [9.17, 15) is 0 Å². The van der Waals surface area contributed by atoms with Gasteiger partial charge >= 0.3 is 0 Å². The summed E-state index contributed by atoms with van der Waals surface area (Å²) in [5.74, 6) is 0.466. The van der Waals surface area contributed by atoms with Crippen LogP contribution in [0.15, 0.2) is 261 Å². The number of hydrogen-bond donors (Lipinski definition) is 0. The molecule has 1 atom stereocenters. The third-order valence-corrected chi connectivity index (χ3v) is 17.7. The Morgan fingerprint density at radius 1 is 0.304 bits per heavy atom. The first-order valence-electron chi connectivity index (χ1n) is 28.3. The maximum atomic E-state index is 2.50. The normalized spacial score (nSPS) is 13.7. The largest absolute Gasteiger partial charge is 0.0622 e. The zero-order valence-electron chi connectivity index (χ0n) is 46.3. The van der Waals surface area contributed by atoms with E-state index in [0.717, 1.165) is 12.8 Å². The first-order valence-corrected chi connectivity index (χ1v) is 28.3. The first kappa shape index (κ1) is 49.7. The first-order chi connectivity index (χ1) is 38.5. The van der Waals surface area contributed by atoms with Crippen LogP contribution in [-0.4, -0.2) is 0 Å². The summed E-state index contributed by atoms with van der Waals surface area (Å²) in [7, 11) is 0. The zero-order valence-corrected chi connectivity index (χ0v) is 46.3. The van der Waals surface area contributed by atoms with E-state index in [2.05, 4.69) is 302 Å². The van der Waals surface area contributed by atoms with E-state index < -0.39 is 0 Å². The quantitative estimate of drug-likeness (QED) is 0.126. The molecule has 79 heavy (non-hydrogen) atoms. The van der Waals surface area contributed by atoms with E-state index in [-0.39, 0.29) is 10.8 Å². The summed E-state index contributed by atoms with van der Waals surface area (Å²) in [5, 5.41) is 5.19. The molecule has 0 aliphatic heterocycles. The molecule has 0 nitrogen and oxygen atoms in total. The van der Waals surface area contributed by atoms with Crippen LogP contribution in [-0.2, 0) is 17.3 Å². The Morgan fingerprint density at radius 3 is 1.27 bits per heavy atom. The summed E-state index contributed by atoms with van der Waals surface area (Å²) in [6, 6.07) is 96.5. The molecule has 14 rings (SSSR count). The summed E-state index contributed by atoms with van der Waals surface area (Å²) < 4.78 is 0. The zero-order chi connectivity index (χ0) is 53.8. The van der Waals surface area contributed by atoms with Crippen LogP contribution >= 0.6 is 0 Å². The molecule has 0 saturated heterocycles. The van der Waals surface area contributed by atoms with E-state index in [4.69, 9.17) is 0 Å². The molecule has 0 fully saturated rings. The molecular weight excluding hydrogens is 949 g/mol. The molecule has 12 aromatic carbocycles. The second-order valence-electron chi connectivity index (χ2n) is 23.3. The monoisotopic (exact) mass is 1010 g/mol. The number of fused-ring (bicyclic) bond motifs is 9. The topological polar surface area (TPSA) is 0 Å². The summed E-state index contributed by atoms with van der Waals surface area (Å²) in [5.41, 5.74) is 28.1. The summed E-state index contributed by atoms with van der Waals surface area (Å²) in [4.78, 5) is 0. The van der Waals surface area contributed by atoms with Crippen molar-refractivity contribution in [2.75, 3.05) is 0 Å². The number of rotatable bonds is 9. The Balaban J connectivity index is 0.000000224. The minimum atomic E-state index is -0.0739. The van der Waals surface area contributed by atoms with Gasteiger partial charge in [0.1, 0.15) is 0 Å². The van der Waals surface area contributed by atoms with E-state index in [1.54, 1.807) is 0 Å². The molecule has 0 saturated carbocycles. The van der Waals surface area contributed by atoms with Crippen molar-refractivity contribution in [1.29, 1.82) is 0 Å². The molecule has 0 aromatic heterocycles. The van der Waals surface area contributed by atoms with Crippen molar-refractivity contribution < 1.29 is 0 Å². The average Bonchev–Trinajstić information content (AvgIpc) is 4.03. The van der Waals surface area contributed by atoms with E-state index in [0.29, 0.717) is 5.92 Å². The van der Waals surface area contributed by atoms with Gasteiger partial charge in [0.25, 0.3) is 0 Å². The van der Waals surface area contributed by atoms with Crippen LogP contribution in [0.2, 0.25) is 0 Å².